The van der Waals surface area contributed by atoms with E-state index in [2.05, 4.69) is 10.00 Å². The van der Waals surface area contributed by atoms with Crippen LogP contribution in [0.4, 0.5) is 11.4 Å². The van der Waals surface area contributed by atoms with E-state index < -0.39 is 4.92 Å². The molecule has 0 amide bonds. The van der Waals surface area contributed by atoms with Crippen LogP contribution >= 0.6 is 0 Å². The molecule has 1 aromatic carbocycles. The topological polar surface area (TPSA) is 90.2 Å². The van der Waals surface area contributed by atoms with Gasteiger partial charge in [-0.25, -0.2) is 0 Å². The van der Waals surface area contributed by atoms with Gasteiger partial charge in [-0.15, -0.1) is 0 Å². The summed E-state index contributed by atoms with van der Waals surface area (Å²) >= 11 is 0. The van der Waals surface area contributed by atoms with Crippen LogP contribution in [0.25, 0.3) is 11.1 Å². The molecule has 20 heavy (non-hydrogen) atoms. The molecule has 1 heterocycles. The predicted octanol–water partition coefficient (Wildman–Crippen LogP) is 1.60. The van der Waals surface area contributed by atoms with Gasteiger partial charge in [0.1, 0.15) is 5.69 Å². The van der Waals surface area contributed by atoms with Crippen molar-refractivity contribution in [3.05, 3.63) is 40.7 Å². The molecule has 2 N–H and O–H groups in total. The second-order valence-corrected chi connectivity index (χ2v) is 4.83. The summed E-state index contributed by atoms with van der Waals surface area (Å²) in [7, 11) is 3.99. The normalized spacial score (nSPS) is 10.9. The molecule has 0 fully saturated rings. The van der Waals surface area contributed by atoms with Crippen molar-refractivity contribution in [1.29, 1.82) is 0 Å². The van der Waals surface area contributed by atoms with Crippen molar-refractivity contribution in [2.75, 3.05) is 26.4 Å². The molecule has 0 saturated heterocycles. The van der Waals surface area contributed by atoms with Gasteiger partial charge >= 0.3 is 0 Å². The Kier molecular flexibility index (Phi) is 3.99. The zero-order valence-corrected chi connectivity index (χ0v) is 11.5. The average Bonchev–Trinajstić information content (AvgIpc) is 2.85. The molecular weight excluding hydrogens is 258 g/mol. The summed E-state index contributed by atoms with van der Waals surface area (Å²) in [4.78, 5) is 12.5. The molecule has 1 aromatic heterocycles. The number of hydrogen-bond donors (Lipinski definition) is 1. The molecule has 0 aliphatic rings. The Hall–Kier alpha value is -2.41. The number of nitrogens with two attached hydrogens (primary N) is 1. The third kappa shape index (κ3) is 3.12. The van der Waals surface area contributed by atoms with Gasteiger partial charge in [0.2, 0.25) is 0 Å². The summed E-state index contributed by atoms with van der Waals surface area (Å²) in [6.07, 6.45) is 3.57. The molecule has 2 rings (SSSR count). The molecule has 0 aliphatic carbocycles. The quantitative estimate of drug-likeness (QED) is 0.508. The van der Waals surface area contributed by atoms with E-state index in [1.165, 1.54) is 6.07 Å². The van der Waals surface area contributed by atoms with Crippen molar-refractivity contribution < 1.29 is 4.92 Å². The van der Waals surface area contributed by atoms with Crippen LogP contribution in [-0.2, 0) is 6.54 Å². The molecule has 7 heteroatoms. The molecule has 0 aliphatic heterocycles. The second-order valence-electron chi connectivity index (χ2n) is 4.83. The lowest BCUT2D eigenvalue weighted by atomic mass is 10.1. The fourth-order valence-corrected chi connectivity index (χ4v) is 1.82. The van der Waals surface area contributed by atoms with Gasteiger partial charge in [-0.3, -0.25) is 14.8 Å². The molecule has 0 saturated carbocycles. The van der Waals surface area contributed by atoms with E-state index in [1.54, 1.807) is 18.3 Å². The number of likely N-dealkylation sites (N-methyl/N-ethyl adjacent to an activating group) is 1. The Bertz CT molecular complexity index is 621. The first-order valence-corrected chi connectivity index (χ1v) is 6.19. The molecule has 2 aromatic rings. The lowest BCUT2D eigenvalue weighted by Crippen LogP contribution is -2.18. The zero-order valence-electron chi connectivity index (χ0n) is 11.5. The highest BCUT2D eigenvalue weighted by atomic mass is 16.6. The van der Waals surface area contributed by atoms with Crippen molar-refractivity contribution in [3.8, 4) is 11.1 Å². The minimum absolute atomic E-state index is 0.0801. The van der Waals surface area contributed by atoms with E-state index in [0.717, 1.165) is 24.2 Å². The van der Waals surface area contributed by atoms with Gasteiger partial charge in [-0.1, -0.05) is 6.07 Å². The lowest BCUT2D eigenvalue weighted by molar-refractivity contribution is -0.383. The highest BCUT2D eigenvalue weighted by Gasteiger charge is 2.13. The van der Waals surface area contributed by atoms with Crippen molar-refractivity contribution >= 4 is 11.4 Å². The summed E-state index contributed by atoms with van der Waals surface area (Å²) in [6.45, 7) is 1.65. The van der Waals surface area contributed by atoms with Crippen molar-refractivity contribution in [2.24, 2.45) is 0 Å². The fraction of sp³-hybridized carbons (Fsp3) is 0.308. The second kappa shape index (κ2) is 5.70. The van der Waals surface area contributed by atoms with Gasteiger partial charge in [0, 0.05) is 24.4 Å². The first kappa shape index (κ1) is 14.0. The van der Waals surface area contributed by atoms with Gasteiger partial charge in [0.05, 0.1) is 17.7 Å². The van der Waals surface area contributed by atoms with E-state index in [0.29, 0.717) is 0 Å². The molecule has 0 spiro atoms. The third-order valence-electron chi connectivity index (χ3n) is 2.97. The number of nitro groups is 1. The van der Waals surface area contributed by atoms with Crippen LogP contribution in [0.15, 0.2) is 30.6 Å². The van der Waals surface area contributed by atoms with Crippen LogP contribution in [0.2, 0.25) is 0 Å². The van der Waals surface area contributed by atoms with Crippen molar-refractivity contribution in [3.63, 3.8) is 0 Å². The van der Waals surface area contributed by atoms with E-state index in [4.69, 9.17) is 5.73 Å². The number of nitro benzene ring substituents is 1. The summed E-state index contributed by atoms with van der Waals surface area (Å²) in [5.41, 5.74) is 7.25. The lowest BCUT2D eigenvalue weighted by Gasteiger charge is -2.08. The molecule has 7 nitrogen and oxygen atoms in total. The highest BCUT2D eigenvalue weighted by molar-refractivity contribution is 5.71. The Morgan fingerprint density at radius 3 is 2.80 bits per heavy atom. The van der Waals surface area contributed by atoms with Gasteiger partial charge < -0.3 is 10.6 Å². The van der Waals surface area contributed by atoms with Crippen LogP contribution in [-0.4, -0.2) is 40.2 Å². The molecule has 0 bridgehead atoms. The molecule has 106 valence electrons. The number of rotatable bonds is 5. The Morgan fingerprint density at radius 2 is 2.15 bits per heavy atom. The summed E-state index contributed by atoms with van der Waals surface area (Å²) in [6, 6.07) is 4.78. The van der Waals surface area contributed by atoms with Crippen LogP contribution in [0.5, 0.6) is 0 Å². The largest absolute Gasteiger partial charge is 0.393 e. The van der Waals surface area contributed by atoms with E-state index in [1.807, 2.05) is 25.0 Å². The van der Waals surface area contributed by atoms with Gasteiger partial charge in [-0.2, -0.15) is 5.10 Å². The fourth-order valence-electron chi connectivity index (χ4n) is 1.82. The molecule has 0 radical (unpaired) electrons. The summed E-state index contributed by atoms with van der Waals surface area (Å²) in [5.74, 6) is 0. The van der Waals surface area contributed by atoms with Crippen LogP contribution < -0.4 is 5.73 Å². The average molecular weight is 275 g/mol. The summed E-state index contributed by atoms with van der Waals surface area (Å²) < 4.78 is 1.82. The minimum Gasteiger partial charge on any atom is -0.393 e. The standard InChI is InChI=1S/C13H17N5O2/c1-16(2)5-6-17-9-11(8-15-17)10-3-4-12(14)13(7-10)18(19)20/h3-4,7-9H,5-6,14H2,1-2H3. The molecule has 0 atom stereocenters. The maximum Gasteiger partial charge on any atom is 0.292 e. The van der Waals surface area contributed by atoms with Crippen molar-refractivity contribution in [1.82, 2.24) is 14.7 Å². The minimum atomic E-state index is -0.477. The zero-order chi connectivity index (χ0) is 14.7. The van der Waals surface area contributed by atoms with Crippen molar-refractivity contribution in [2.45, 2.75) is 6.54 Å². The van der Waals surface area contributed by atoms with Crippen LogP contribution in [0.3, 0.4) is 0 Å². The molecule has 0 unspecified atom stereocenters. The SMILES string of the molecule is CN(C)CCn1cc(-c2ccc(N)c([N+](=O)[O-])c2)cn1. The van der Waals surface area contributed by atoms with Gasteiger partial charge in [0.15, 0.2) is 0 Å². The Morgan fingerprint density at radius 1 is 1.40 bits per heavy atom. The first-order valence-electron chi connectivity index (χ1n) is 6.19. The summed E-state index contributed by atoms with van der Waals surface area (Å²) in [5, 5.41) is 15.1. The Balaban J connectivity index is 2.24. The van der Waals surface area contributed by atoms with E-state index in [-0.39, 0.29) is 11.4 Å². The monoisotopic (exact) mass is 275 g/mol. The smallest absolute Gasteiger partial charge is 0.292 e. The third-order valence-corrected chi connectivity index (χ3v) is 2.97. The molecular formula is C13H17N5O2. The van der Waals surface area contributed by atoms with Gasteiger partial charge in [-0.05, 0) is 25.7 Å². The Labute approximate surface area is 116 Å². The number of aromatic nitrogens is 2. The number of hydrogen-bond acceptors (Lipinski definition) is 5. The maximum absolute atomic E-state index is 10.9. The van der Waals surface area contributed by atoms with Crippen LogP contribution in [0, 0.1) is 10.1 Å². The predicted molar refractivity (Wildman–Crippen MR) is 77.3 cm³/mol. The van der Waals surface area contributed by atoms with E-state index >= 15 is 0 Å². The maximum atomic E-state index is 10.9. The number of benzene rings is 1. The number of nitrogen functional groups attached to an aromatic ring is 1. The van der Waals surface area contributed by atoms with E-state index in [9.17, 15) is 10.1 Å². The number of anilines is 1. The first-order chi connectivity index (χ1) is 9.47. The van der Waals surface area contributed by atoms with Crippen LogP contribution in [0.1, 0.15) is 0 Å². The number of nitrogens with zero attached hydrogens (tertiary/aromatic N) is 4. The van der Waals surface area contributed by atoms with Gasteiger partial charge in [0.25, 0.3) is 5.69 Å². The highest BCUT2D eigenvalue weighted by Crippen LogP contribution is 2.28.